The Morgan fingerprint density at radius 3 is 1.41 bits per heavy atom. The van der Waals surface area contributed by atoms with Crippen LogP contribution in [0.25, 0.3) is 0 Å². The number of esters is 1. The Labute approximate surface area is 181 Å². The summed E-state index contributed by atoms with van der Waals surface area (Å²) in [5, 5.41) is 0.0546. The fourth-order valence-corrected chi connectivity index (χ4v) is 13.0. The molecule has 3 aromatic carbocycles. The van der Waals surface area contributed by atoms with Crippen molar-refractivity contribution < 1.29 is 15.0 Å². The molecule has 0 saturated heterocycles. The summed E-state index contributed by atoms with van der Waals surface area (Å²) in [5.41, 5.74) is -0.335. The molecule has 2 N–H and O–H groups in total. The fraction of sp³-hybridized carbons (Fsp3) is 0.208. The van der Waals surface area contributed by atoms with Gasteiger partial charge in [0.2, 0.25) is 0 Å². The first-order valence-corrected chi connectivity index (χ1v) is 14.0. The Kier molecular flexibility index (Phi) is 7.76. The molecule has 1 unspecified atom stereocenters. The van der Waals surface area contributed by atoms with E-state index in [-0.39, 0.29) is 17.1 Å². The molecule has 0 amide bonds. The zero-order chi connectivity index (χ0) is 20.1. The van der Waals surface area contributed by atoms with Gasteiger partial charge in [0.15, 0.2) is 0 Å². The number of rotatable bonds is 7. The van der Waals surface area contributed by atoms with E-state index in [0.717, 1.165) is 15.9 Å². The summed E-state index contributed by atoms with van der Waals surface area (Å²) < 4.78 is 5.59. The molecule has 0 spiro atoms. The van der Waals surface area contributed by atoms with Gasteiger partial charge in [-0.2, -0.15) is 0 Å². The Morgan fingerprint density at radius 2 is 1.14 bits per heavy atom. The van der Waals surface area contributed by atoms with Crippen LogP contribution in [0.15, 0.2) is 91.0 Å². The normalized spacial score (nSPS) is 13.4. The molecule has 3 nitrogen and oxygen atoms in total. The van der Waals surface area contributed by atoms with E-state index < -0.39 is 5.31 Å². The SMILES string of the molecule is CCOC(=O)C(CC)P(Br)(c1ccccc1)(c1ccccc1)c1ccccc1.O. The first-order valence-electron chi connectivity index (χ1n) is 9.64. The molecule has 1 atom stereocenters. The predicted molar refractivity (Wildman–Crippen MR) is 128 cm³/mol. The van der Waals surface area contributed by atoms with E-state index >= 15 is 0 Å². The Bertz CT molecular complexity index is 817. The molecule has 0 bridgehead atoms. The molecular weight excluding hydrogens is 447 g/mol. The summed E-state index contributed by atoms with van der Waals surface area (Å²) in [6.07, 6.45) is 0.667. The fourth-order valence-electron chi connectivity index (χ4n) is 4.09. The maximum atomic E-state index is 13.3. The van der Waals surface area contributed by atoms with Crippen LogP contribution in [-0.2, 0) is 9.53 Å². The van der Waals surface area contributed by atoms with Gasteiger partial charge in [-0.3, -0.25) is 0 Å². The van der Waals surface area contributed by atoms with Crippen LogP contribution in [0.1, 0.15) is 20.3 Å². The van der Waals surface area contributed by atoms with Gasteiger partial charge in [0.1, 0.15) is 0 Å². The van der Waals surface area contributed by atoms with Crippen LogP contribution < -0.4 is 15.9 Å². The van der Waals surface area contributed by atoms with Crippen molar-refractivity contribution in [1.29, 1.82) is 0 Å². The average Bonchev–Trinajstić information content (AvgIpc) is 2.76. The monoisotopic (exact) mass is 474 g/mol. The summed E-state index contributed by atoms with van der Waals surface area (Å²) in [4.78, 5) is 13.3. The molecule has 0 aromatic heterocycles. The van der Waals surface area contributed by atoms with Gasteiger partial charge >= 0.3 is 176 Å². The summed E-state index contributed by atoms with van der Waals surface area (Å²) in [6.45, 7) is 4.30. The first-order chi connectivity index (χ1) is 13.6. The number of benzene rings is 3. The zero-order valence-electron chi connectivity index (χ0n) is 16.8. The number of ether oxygens (including phenoxy) is 1. The second-order valence-electron chi connectivity index (χ2n) is 6.76. The molecule has 154 valence electrons. The smallest absolute Gasteiger partial charge is 0.412 e. The number of carbonyl (C=O) groups excluding carboxylic acids is 1. The summed E-state index contributed by atoms with van der Waals surface area (Å²) in [6, 6.07) is 31.1. The predicted octanol–water partition coefficient (Wildman–Crippen LogP) is 4.34. The maximum absolute atomic E-state index is 13.3. The molecule has 0 fully saturated rings. The van der Waals surface area contributed by atoms with Crippen LogP contribution in [0.3, 0.4) is 0 Å². The van der Waals surface area contributed by atoms with Crippen LogP contribution in [0.5, 0.6) is 0 Å². The van der Waals surface area contributed by atoms with Crippen LogP contribution >= 0.6 is 20.8 Å². The Hall–Kier alpha value is -2.00. The van der Waals surface area contributed by atoms with Gasteiger partial charge in [0, 0.05) is 0 Å². The Morgan fingerprint density at radius 1 is 0.793 bits per heavy atom. The van der Waals surface area contributed by atoms with Crippen molar-refractivity contribution in [2.75, 3.05) is 6.61 Å². The number of hydrogen-bond acceptors (Lipinski definition) is 2. The van der Waals surface area contributed by atoms with Crippen molar-refractivity contribution in [2.24, 2.45) is 0 Å². The van der Waals surface area contributed by atoms with Gasteiger partial charge < -0.3 is 5.48 Å². The van der Waals surface area contributed by atoms with E-state index in [0.29, 0.717) is 13.0 Å². The molecule has 0 aliphatic carbocycles. The minimum absolute atomic E-state index is 0. The van der Waals surface area contributed by atoms with Crippen molar-refractivity contribution in [3.63, 3.8) is 0 Å². The standard InChI is InChI=1S/C24H26BrO2P.H2O/c1-3-23(24(26)27-4-2)28(25,20-14-8-5-9-15-20,21-16-10-6-11-17-21)22-18-12-7-13-19-22;/h5-19,23H,3-4H2,1-2H3;1H2. The molecular formula is C24H28BrO3P. The number of hydrogen-bond donors (Lipinski definition) is 0. The van der Waals surface area contributed by atoms with E-state index in [9.17, 15) is 4.79 Å². The number of halogens is 1. The van der Waals surface area contributed by atoms with Crippen molar-refractivity contribution in [1.82, 2.24) is 0 Å². The van der Waals surface area contributed by atoms with Gasteiger partial charge in [-0.25, -0.2) is 0 Å². The second kappa shape index (κ2) is 9.67. The minimum atomic E-state index is -3.34. The van der Waals surface area contributed by atoms with Crippen molar-refractivity contribution >= 4 is 42.7 Å². The maximum Gasteiger partial charge on any atom is -0.412 e. The Balaban J connectivity index is 0.00000300. The van der Waals surface area contributed by atoms with Crippen LogP contribution in [0.2, 0.25) is 0 Å². The molecule has 29 heavy (non-hydrogen) atoms. The third-order valence-electron chi connectivity index (χ3n) is 5.31. The summed E-state index contributed by atoms with van der Waals surface area (Å²) in [7, 11) is 0. The van der Waals surface area contributed by atoms with Gasteiger partial charge in [-0.15, -0.1) is 0 Å². The zero-order valence-corrected chi connectivity index (χ0v) is 19.3. The molecule has 3 aromatic rings. The van der Waals surface area contributed by atoms with Gasteiger partial charge in [-0.05, 0) is 0 Å². The van der Waals surface area contributed by atoms with Gasteiger partial charge in [0.25, 0.3) is 0 Å². The van der Waals surface area contributed by atoms with Crippen LogP contribution in [0.4, 0.5) is 0 Å². The van der Waals surface area contributed by atoms with E-state index in [1.54, 1.807) is 0 Å². The minimum Gasteiger partial charge on any atom is -0.412 e. The van der Waals surface area contributed by atoms with E-state index in [1.165, 1.54) is 0 Å². The molecule has 0 heterocycles. The van der Waals surface area contributed by atoms with Crippen LogP contribution in [-0.4, -0.2) is 23.7 Å². The average molecular weight is 475 g/mol. The molecule has 0 saturated carbocycles. The van der Waals surface area contributed by atoms with Gasteiger partial charge in [-0.1, -0.05) is 0 Å². The molecule has 5 heteroatoms. The largest absolute Gasteiger partial charge is 0.412 e. The van der Waals surface area contributed by atoms with Crippen molar-refractivity contribution in [2.45, 2.75) is 25.9 Å². The molecule has 0 radical (unpaired) electrons. The summed E-state index contributed by atoms with van der Waals surface area (Å²) >= 11 is 4.34. The van der Waals surface area contributed by atoms with Crippen molar-refractivity contribution in [3.05, 3.63) is 91.0 Å². The topological polar surface area (TPSA) is 57.8 Å². The molecule has 0 aliphatic rings. The molecule has 0 aliphatic heterocycles. The second-order valence-corrected chi connectivity index (χ2v) is 15.5. The number of carbonyl (C=O) groups is 1. The first kappa shape index (κ1) is 23.3. The van der Waals surface area contributed by atoms with Gasteiger partial charge in [0.05, 0.1) is 0 Å². The molecule has 3 rings (SSSR count). The van der Waals surface area contributed by atoms with E-state index in [4.69, 9.17) is 4.74 Å². The summed E-state index contributed by atoms with van der Waals surface area (Å²) in [5.74, 6) is -0.156. The van der Waals surface area contributed by atoms with Crippen LogP contribution in [0, 0.1) is 0 Å². The third kappa shape index (κ3) is 3.77. The van der Waals surface area contributed by atoms with E-state index in [2.05, 4.69) is 58.8 Å². The quantitative estimate of drug-likeness (QED) is 0.377. The third-order valence-corrected chi connectivity index (χ3v) is 16.2. The van der Waals surface area contributed by atoms with E-state index in [1.807, 2.05) is 61.5 Å². The van der Waals surface area contributed by atoms with Crippen molar-refractivity contribution in [3.8, 4) is 0 Å².